The molecule has 0 aromatic carbocycles. The topological polar surface area (TPSA) is 36.4 Å². The Morgan fingerprint density at radius 1 is 1.38 bits per heavy atom. The molecule has 0 bridgehead atoms. The lowest BCUT2D eigenvalue weighted by atomic mass is 10.2. The van der Waals surface area contributed by atoms with Crippen molar-refractivity contribution in [2.45, 2.75) is 19.4 Å². The van der Waals surface area contributed by atoms with Crippen LogP contribution in [0.3, 0.4) is 0 Å². The third-order valence-electron chi connectivity index (χ3n) is 2.11. The summed E-state index contributed by atoms with van der Waals surface area (Å²) in [6.07, 6.45) is -0.160. The Bertz CT molecular complexity index is 371. The third-order valence-corrected chi connectivity index (χ3v) is 2.11. The zero-order valence-corrected chi connectivity index (χ0v) is 9.04. The van der Waals surface area contributed by atoms with E-state index in [1.54, 1.807) is 6.92 Å². The fourth-order valence-electron chi connectivity index (χ4n) is 1.19. The summed E-state index contributed by atoms with van der Waals surface area (Å²) in [4.78, 5) is 4.50. The maximum Gasteiger partial charge on any atom is 0.251 e. The van der Waals surface area contributed by atoms with Gasteiger partial charge in [-0.3, -0.25) is 0 Å². The van der Waals surface area contributed by atoms with Gasteiger partial charge in [-0.05, 0) is 13.3 Å². The Balaban J connectivity index is 2.82. The lowest BCUT2D eigenvalue weighted by molar-refractivity contribution is 0.186. The molecule has 0 amide bonds. The third kappa shape index (κ3) is 3.10. The van der Waals surface area contributed by atoms with Crippen LogP contribution in [0.2, 0.25) is 0 Å². The van der Waals surface area contributed by atoms with Crippen LogP contribution >= 0.6 is 0 Å². The minimum Gasteiger partial charge on any atom is -0.393 e. The van der Waals surface area contributed by atoms with Gasteiger partial charge in [0.1, 0.15) is 0 Å². The molecule has 1 rings (SSSR count). The van der Waals surface area contributed by atoms with Gasteiger partial charge < -0.3 is 10.0 Å². The number of hydrogen-bond donors (Lipinski definition) is 1. The van der Waals surface area contributed by atoms with Gasteiger partial charge in [-0.25, -0.2) is 8.78 Å². The average molecular weight is 234 g/mol. The molecule has 1 N–H and O–H groups in total. The molecule has 1 aromatic heterocycles. The minimum absolute atomic E-state index is 0.264. The van der Waals surface area contributed by atoms with Gasteiger partial charge in [-0.15, -0.1) is 0 Å². The second-order valence-electron chi connectivity index (χ2n) is 3.63. The molecule has 0 spiro atoms. The molecule has 0 aliphatic carbocycles. The van der Waals surface area contributed by atoms with E-state index in [1.165, 1.54) is 11.9 Å². The van der Waals surface area contributed by atoms with Crippen LogP contribution in [-0.2, 0) is 0 Å². The SMILES string of the molecule is CC(O)CCN(C)c1nc(F)c(F)cc1F. The first-order chi connectivity index (χ1) is 7.41. The van der Waals surface area contributed by atoms with Crippen molar-refractivity contribution in [3.8, 4) is 0 Å². The predicted molar refractivity (Wildman–Crippen MR) is 53.7 cm³/mol. The Kier molecular flexibility index (Phi) is 4.12. The molecule has 0 radical (unpaired) electrons. The summed E-state index contributed by atoms with van der Waals surface area (Å²) in [7, 11) is 1.49. The number of pyridine rings is 1. The van der Waals surface area contributed by atoms with E-state index in [9.17, 15) is 13.2 Å². The summed E-state index contributed by atoms with van der Waals surface area (Å²) in [5, 5.41) is 9.04. The van der Waals surface area contributed by atoms with E-state index >= 15 is 0 Å². The molecule has 0 aliphatic heterocycles. The van der Waals surface area contributed by atoms with Crippen LogP contribution in [0.4, 0.5) is 19.0 Å². The van der Waals surface area contributed by atoms with Crippen molar-refractivity contribution in [1.82, 2.24) is 4.98 Å². The predicted octanol–water partition coefficient (Wildman–Crippen LogP) is 1.71. The molecule has 1 aromatic rings. The Labute approximate surface area is 91.5 Å². The van der Waals surface area contributed by atoms with E-state index in [0.29, 0.717) is 19.0 Å². The number of rotatable bonds is 4. The van der Waals surface area contributed by atoms with E-state index < -0.39 is 23.7 Å². The van der Waals surface area contributed by atoms with Crippen molar-refractivity contribution in [2.24, 2.45) is 0 Å². The molecular weight excluding hydrogens is 221 g/mol. The van der Waals surface area contributed by atoms with Crippen LogP contribution < -0.4 is 4.90 Å². The van der Waals surface area contributed by atoms with E-state index in [1.807, 2.05) is 0 Å². The maximum atomic E-state index is 13.2. The highest BCUT2D eigenvalue weighted by molar-refractivity contribution is 5.38. The number of aromatic nitrogens is 1. The molecule has 0 aliphatic rings. The minimum atomic E-state index is -1.33. The summed E-state index contributed by atoms with van der Waals surface area (Å²) in [5.41, 5.74) is 0. The Morgan fingerprint density at radius 2 is 2.00 bits per heavy atom. The van der Waals surface area contributed by atoms with E-state index in [4.69, 9.17) is 5.11 Å². The number of anilines is 1. The van der Waals surface area contributed by atoms with Crippen LogP contribution in [0.15, 0.2) is 6.07 Å². The molecule has 1 atom stereocenters. The number of halogens is 3. The van der Waals surface area contributed by atoms with Gasteiger partial charge in [0.05, 0.1) is 6.10 Å². The van der Waals surface area contributed by atoms with Crippen LogP contribution in [0.25, 0.3) is 0 Å². The standard InChI is InChI=1S/C10H13F3N2O/c1-6(16)3-4-15(2)10-8(12)5-7(11)9(13)14-10/h5-6,16H,3-4H2,1-2H3. The summed E-state index contributed by atoms with van der Waals surface area (Å²) >= 11 is 0. The first kappa shape index (κ1) is 12.8. The van der Waals surface area contributed by atoms with Crippen molar-refractivity contribution in [2.75, 3.05) is 18.5 Å². The van der Waals surface area contributed by atoms with Crippen LogP contribution in [0.5, 0.6) is 0 Å². The summed E-state index contributed by atoms with van der Waals surface area (Å²) in [5.74, 6) is -3.84. The maximum absolute atomic E-state index is 13.2. The van der Waals surface area contributed by atoms with Gasteiger partial charge in [-0.1, -0.05) is 0 Å². The number of nitrogens with zero attached hydrogens (tertiary/aromatic N) is 2. The highest BCUT2D eigenvalue weighted by Crippen LogP contribution is 2.17. The molecule has 0 fully saturated rings. The van der Waals surface area contributed by atoms with Crippen molar-refractivity contribution in [1.29, 1.82) is 0 Å². The fourth-order valence-corrected chi connectivity index (χ4v) is 1.19. The molecule has 1 heterocycles. The number of aliphatic hydroxyl groups excluding tert-OH is 1. The molecule has 16 heavy (non-hydrogen) atoms. The molecular formula is C10H13F3N2O. The lowest BCUT2D eigenvalue weighted by Crippen LogP contribution is -2.24. The normalized spacial score (nSPS) is 12.6. The van der Waals surface area contributed by atoms with Crippen LogP contribution in [-0.4, -0.2) is 29.8 Å². The van der Waals surface area contributed by atoms with Gasteiger partial charge in [-0.2, -0.15) is 9.37 Å². The number of aliphatic hydroxyl groups is 1. The highest BCUT2D eigenvalue weighted by atomic mass is 19.2. The van der Waals surface area contributed by atoms with E-state index in [2.05, 4.69) is 4.98 Å². The molecule has 3 nitrogen and oxygen atoms in total. The van der Waals surface area contributed by atoms with Gasteiger partial charge in [0.2, 0.25) is 0 Å². The zero-order chi connectivity index (χ0) is 12.3. The second-order valence-corrected chi connectivity index (χ2v) is 3.63. The van der Waals surface area contributed by atoms with Gasteiger partial charge in [0, 0.05) is 19.7 Å². The zero-order valence-electron chi connectivity index (χ0n) is 9.04. The average Bonchev–Trinajstić information content (AvgIpc) is 2.20. The highest BCUT2D eigenvalue weighted by Gasteiger charge is 2.15. The number of hydrogen-bond acceptors (Lipinski definition) is 3. The quantitative estimate of drug-likeness (QED) is 0.806. The van der Waals surface area contributed by atoms with E-state index in [-0.39, 0.29) is 5.82 Å². The monoisotopic (exact) mass is 234 g/mol. The first-order valence-electron chi connectivity index (χ1n) is 4.82. The van der Waals surface area contributed by atoms with Crippen molar-refractivity contribution < 1.29 is 18.3 Å². The summed E-state index contributed by atoms with van der Waals surface area (Å²) < 4.78 is 38.6. The summed E-state index contributed by atoms with van der Waals surface area (Å²) in [6, 6.07) is 0.455. The second kappa shape index (κ2) is 5.16. The van der Waals surface area contributed by atoms with Crippen molar-refractivity contribution in [3.05, 3.63) is 23.6 Å². The Hall–Kier alpha value is -1.30. The van der Waals surface area contributed by atoms with E-state index in [0.717, 1.165) is 0 Å². The van der Waals surface area contributed by atoms with Crippen molar-refractivity contribution in [3.63, 3.8) is 0 Å². The summed E-state index contributed by atoms with van der Waals surface area (Å²) in [6.45, 7) is 1.88. The van der Waals surface area contributed by atoms with Crippen molar-refractivity contribution >= 4 is 5.82 Å². The van der Waals surface area contributed by atoms with Crippen LogP contribution in [0.1, 0.15) is 13.3 Å². The Morgan fingerprint density at radius 3 is 2.56 bits per heavy atom. The van der Waals surface area contributed by atoms with Gasteiger partial charge in [0.25, 0.3) is 5.95 Å². The molecule has 6 heteroatoms. The molecule has 0 saturated heterocycles. The van der Waals surface area contributed by atoms with Crippen LogP contribution in [0, 0.1) is 17.6 Å². The first-order valence-corrected chi connectivity index (χ1v) is 4.82. The van der Waals surface area contributed by atoms with Gasteiger partial charge in [0.15, 0.2) is 17.5 Å². The largest absolute Gasteiger partial charge is 0.393 e. The molecule has 90 valence electrons. The smallest absolute Gasteiger partial charge is 0.251 e. The fraction of sp³-hybridized carbons (Fsp3) is 0.500. The van der Waals surface area contributed by atoms with Gasteiger partial charge >= 0.3 is 0 Å². The molecule has 0 saturated carbocycles. The lowest BCUT2D eigenvalue weighted by Gasteiger charge is -2.19. The molecule has 1 unspecified atom stereocenters.